The number of likely N-dealkylation sites (N-methyl/N-ethyl adjacent to an activating group) is 1. The van der Waals surface area contributed by atoms with Crippen LogP contribution >= 0.6 is 23.4 Å². The molecule has 1 unspecified atom stereocenters. The molecule has 0 aromatic heterocycles. The summed E-state index contributed by atoms with van der Waals surface area (Å²) in [6.07, 6.45) is 3.59. The van der Waals surface area contributed by atoms with Gasteiger partial charge in [-0.1, -0.05) is 56.2 Å². The number of carbonyl (C=O) groups excluding carboxylic acids is 7. The zero-order chi connectivity index (χ0) is 50.7. The van der Waals surface area contributed by atoms with E-state index in [0.717, 1.165) is 36.8 Å². The second-order valence-electron chi connectivity index (χ2n) is 19.8. The van der Waals surface area contributed by atoms with Gasteiger partial charge in [0.25, 0.3) is 0 Å². The summed E-state index contributed by atoms with van der Waals surface area (Å²) < 4.78 is 29.4. The van der Waals surface area contributed by atoms with Gasteiger partial charge in [0, 0.05) is 70.5 Å². The molecule has 4 bridgehead atoms. The van der Waals surface area contributed by atoms with Crippen molar-refractivity contribution in [3.05, 3.63) is 46.5 Å². The molecule has 19 heteroatoms. The van der Waals surface area contributed by atoms with E-state index < -0.39 is 76.8 Å². The third-order valence-corrected chi connectivity index (χ3v) is 16.2. The van der Waals surface area contributed by atoms with Crippen molar-refractivity contribution < 1.29 is 62.4 Å². The number of hydrogen-bond acceptors (Lipinski definition) is 14. The number of carbonyl (C=O) groups is 7. The van der Waals surface area contributed by atoms with Gasteiger partial charge in [0.1, 0.15) is 46.5 Å². The van der Waals surface area contributed by atoms with Gasteiger partial charge in [-0.25, -0.2) is 9.59 Å². The number of fused-ring (bicyclic) bond motifs is 5. The van der Waals surface area contributed by atoms with Gasteiger partial charge in [0.2, 0.25) is 23.6 Å². The fourth-order valence-corrected chi connectivity index (χ4v) is 11.4. The number of thioether (sulfide) groups is 1. The number of esters is 1. The monoisotopic (exact) mass is 1000 g/mol. The Morgan fingerprint density at radius 3 is 2.41 bits per heavy atom. The van der Waals surface area contributed by atoms with Crippen LogP contribution in [0.5, 0.6) is 5.75 Å². The van der Waals surface area contributed by atoms with Crippen LogP contribution in [-0.4, -0.2) is 144 Å². The van der Waals surface area contributed by atoms with E-state index in [4.69, 9.17) is 35.3 Å². The summed E-state index contributed by atoms with van der Waals surface area (Å²) in [6, 6.07) is 2.43. The first kappa shape index (κ1) is 53.9. The van der Waals surface area contributed by atoms with Gasteiger partial charge < -0.3 is 38.6 Å². The highest BCUT2D eigenvalue weighted by molar-refractivity contribution is 8.00. The molecule has 4 fully saturated rings. The van der Waals surface area contributed by atoms with E-state index in [1.165, 1.54) is 54.7 Å². The first-order valence-electron chi connectivity index (χ1n) is 23.9. The minimum Gasteiger partial charge on any atom is -0.495 e. The summed E-state index contributed by atoms with van der Waals surface area (Å²) in [5, 5.41) is 13.9. The normalized spacial score (nSPS) is 32.6. The lowest BCUT2D eigenvalue weighted by Gasteiger charge is -2.42. The SMILES string of the molecule is COc1cc2cc(c1Cl)N(C)C(=O)C[C@H](OC(=O)[C@H](C)N(C)C(=O)CCSC1CC(=O)N(CC3CCC(C(=O)C(C)C)CC3)C1=O)[C@]1(C)O[C@H]1[C@H](C)[C@@H]1C[C@@](O)(NC(=O)O1)[C@H](OC)/C=C/C=C(\C)C2. The Morgan fingerprint density at radius 2 is 1.75 bits per heavy atom. The number of benzene rings is 1. The number of hydrogen-bond donors (Lipinski definition) is 2. The van der Waals surface area contributed by atoms with E-state index in [1.54, 1.807) is 45.2 Å². The number of amides is 5. The zero-order valence-electron chi connectivity index (χ0n) is 41.4. The molecule has 1 aliphatic carbocycles. The molecule has 0 radical (unpaired) electrons. The number of anilines is 1. The standard InChI is InChI=1S/C50H69ClN4O13S/c1-27(2)44(59)33-16-14-31(15-17-33)26-55-42(58)23-37(46(55)60)69-19-18-40(56)53(7)30(5)47(61)67-39-24-41(57)54(8)34-21-32(22-35(64-9)43(34)51)20-28(3)12-11-13-38(65-10)50(63)25-36(66-48(62)52-50)29(4)45-49(39,6)68-45/h11-13,21-22,27,29-31,33,36-39,45,63H,14-20,23-26H2,1-10H3,(H,52,62)/b13-11+,28-12+/t29-,30+,31?,33?,36+,37?,38-,39+,45+,49+,50+/m1/s1. The molecule has 3 saturated heterocycles. The third kappa shape index (κ3) is 12.2. The first-order valence-corrected chi connectivity index (χ1v) is 25.3. The molecule has 5 amide bonds. The van der Waals surface area contributed by atoms with Crippen LogP contribution in [0, 0.1) is 23.7 Å². The smallest absolute Gasteiger partial charge is 0.409 e. The number of halogens is 1. The Kier molecular flexibility index (Phi) is 17.4. The van der Waals surface area contributed by atoms with E-state index in [2.05, 4.69) is 5.32 Å². The molecule has 6 rings (SSSR count). The summed E-state index contributed by atoms with van der Waals surface area (Å²) in [5.74, 6) is -1.78. The number of epoxide rings is 1. The molecule has 380 valence electrons. The molecule has 2 N–H and O–H groups in total. The zero-order valence-corrected chi connectivity index (χ0v) is 43.0. The van der Waals surface area contributed by atoms with Crippen LogP contribution in [0.2, 0.25) is 5.02 Å². The number of likely N-dealkylation sites (tertiary alicyclic amines) is 1. The number of Topliss-reactive ketones (excluding diaryl/α,β-unsaturated/α-hetero) is 1. The minimum atomic E-state index is -1.87. The van der Waals surface area contributed by atoms with Crippen LogP contribution in [0.15, 0.2) is 35.9 Å². The number of ether oxygens (including phenoxy) is 5. The number of allylic oxidation sites excluding steroid dienone is 3. The van der Waals surface area contributed by atoms with Gasteiger partial charge >= 0.3 is 12.1 Å². The fraction of sp³-hybridized carbons (Fsp3) is 0.660. The summed E-state index contributed by atoms with van der Waals surface area (Å²) in [6.45, 7) is 11.0. The predicted octanol–water partition coefficient (Wildman–Crippen LogP) is 5.80. The van der Waals surface area contributed by atoms with E-state index in [9.17, 15) is 38.7 Å². The Balaban J connectivity index is 1.14. The lowest BCUT2D eigenvalue weighted by atomic mass is 9.77. The molecule has 69 heavy (non-hydrogen) atoms. The van der Waals surface area contributed by atoms with Crippen molar-refractivity contribution in [3.63, 3.8) is 0 Å². The average Bonchev–Trinajstić information content (AvgIpc) is 3.94. The van der Waals surface area contributed by atoms with Crippen molar-refractivity contribution in [2.24, 2.45) is 23.7 Å². The number of rotatable bonds is 13. The fourth-order valence-electron chi connectivity index (χ4n) is 10.0. The summed E-state index contributed by atoms with van der Waals surface area (Å²) in [4.78, 5) is 97.8. The van der Waals surface area contributed by atoms with Crippen LogP contribution in [0.3, 0.4) is 0 Å². The molecule has 4 aliphatic heterocycles. The largest absolute Gasteiger partial charge is 0.495 e. The maximum Gasteiger partial charge on any atom is 0.409 e. The molecule has 1 saturated carbocycles. The van der Waals surface area contributed by atoms with Gasteiger partial charge in [0.15, 0.2) is 5.72 Å². The van der Waals surface area contributed by atoms with Gasteiger partial charge in [-0.3, -0.25) is 34.2 Å². The Morgan fingerprint density at radius 1 is 1.06 bits per heavy atom. The van der Waals surface area contributed by atoms with Gasteiger partial charge in [0.05, 0.1) is 30.6 Å². The van der Waals surface area contributed by atoms with Crippen LogP contribution in [-0.2, 0) is 54.1 Å². The number of nitrogens with one attached hydrogen (secondary N) is 1. The van der Waals surface area contributed by atoms with E-state index in [1.807, 2.05) is 26.8 Å². The number of imide groups is 1. The molecular formula is C50H69ClN4O13S. The molecule has 9 atom stereocenters. The molecule has 1 aromatic carbocycles. The molecule has 5 aliphatic rings. The molecule has 4 heterocycles. The molecule has 17 nitrogen and oxygen atoms in total. The van der Waals surface area contributed by atoms with Crippen molar-refractivity contribution >= 4 is 70.5 Å². The molecule has 0 spiro atoms. The van der Waals surface area contributed by atoms with Gasteiger partial charge in [-0.2, -0.15) is 0 Å². The second kappa shape index (κ2) is 22.3. The van der Waals surface area contributed by atoms with Gasteiger partial charge in [-0.15, -0.1) is 11.8 Å². The topological polar surface area (TPSA) is 211 Å². The lowest BCUT2D eigenvalue weighted by molar-refractivity contribution is -0.162. The predicted molar refractivity (Wildman–Crippen MR) is 258 cm³/mol. The molecular weight excluding hydrogens is 932 g/mol. The lowest BCUT2D eigenvalue weighted by Crippen LogP contribution is -2.63. The van der Waals surface area contributed by atoms with Crippen molar-refractivity contribution in [1.29, 1.82) is 0 Å². The van der Waals surface area contributed by atoms with Crippen LogP contribution in [0.25, 0.3) is 0 Å². The average molecular weight is 1000 g/mol. The van der Waals surface area contributed by atoms with Crippen LogP contribution in [0.1, 0.15) is 98.5 Å². The summed E-state index contributed by atoms with van der Waals surface area (Å²) >= 11 is 8.05. The number of methoxy groups -OCH3 is 2. The van der Waals surface area contributed by atoms with Crippen molar-refractivity contribution in [2.75, 3.05) is 45.5 Å². The third-order valence-electron chi connectivity index (χ3n) is 14.6. The molecule has 1 aromatic rings. The summed E-state index contributed by atoms with van der Waals surface area (Å²) in [5.41, 5.74) is -1.13. The van der Waals surface area contributed by atoms with E-state index in [0.29, 0.717) is 24.4 Å². The van der Waals surface area contributed by atoms with E-state index in [-0.39, 0.29) is 71.8 Å². The Bertz CT molecular complexity index is 2210. The van der Waals surface area contributed by atoms with Gasteiger partial charge in [-0.05, 0) is 76.5 Å². The second-order valence-corrected chi connectivity index (χ2v) is 21.5. The number of nitrogens with zero attached hydrogens (tertiary/aromatic N) is 3. The number of aliphatic hydroxyl groups is 1. The Labute approximate surface area is 414 Å². The highest BCUT2D eigenvalue weighted by Gasteiger charge is 2.64. The van der Waals surface area contributed by atoms with Crippen molar-refractivity contribution in [2.45, 2.75) is 146 Å². The number of ketones is 1. The maximum atomic E-state index is 14.3. The van der Waals surface area contributed by atoms with Crippen LogP contribution in [0.4, 0.5) is 10.5 Å². The van der Waals surface area contributed by atoms with Crippen molar-refractivity contribution in [3.8, 4) is 5.75 Å². The first-order chi connectivity index (χ1) is 32.5. The highest BCUT2D eigenvalue weighted by Crippen LogP contribution is 2.49. The van der Waals surface area contributed by atoms with Crippen LogP contribution < -0.4 is 15.0 Å². The van der Waals surface area contributed by atoms with Crippen molar-refractivity contribution in [1.82, 2.24) is 15.1 Å². The highest BCUT2D eigenvalue weighted by atomic mass is 35.5. The maximum absolute atomic E-state index is 14.3. The quantitative estimate of drug-likeness (QED) is 0.136. The minimum absolute atomic E-state index is 0.0160. The van der Waals surface area contributed by atoms with E-state index >= 15 is 0 Å². The number of alkyl carbamates (subject to hydrolysis) is 1. The Hall–Kier alpha value is -4.49. The summed E-state index contributed by atoms with van der Waals surface area (Å²) in [7, 11) is 5.91.